The van der Waals surface area contributed by atoms with E-state index in [0.29, 0.717) is 0 Å². The summed E-state index contributed by atoms with van der Waals surface area (Å²) in [5, 5.41) is 8.83. The number of aromatic nitrogens is 3. The largest absolute Gasteiger partial charge is 0.305 e. The molecule has 0 saturated carbocycles. The average molecular weight is 292 g/mol. The molecule has 0 aliphatic heterocycles. The van der Waals surface area contributed by atoms with Crippen molar-refractivity contribution in [2.45, 2.75) is 33.9 Å². The van der Waals surface area contributed by atoms with Crippen molar-refractivity contribution < 1.29 is 0 Å². The zero-order valence-electron chi connectivity index (χ0n) is 11.2. The van der Waals surface area contributed by atoms with Crippen molar-refractivity contribution >= 4 is 27.6 Å². The summed E-state index contributed by atoms with van der Waals surface area (Å²) in [4.78, 5) is 10.1. The summed E-state index contributed by atoms with van der Waals surface area (Å²) < 4.78 is 2.24. The van der Waals surface area contributed by atoms with Gasteiger partial charge in [0.25, 0.3) is 0 Å². The van der Waals surface area contributed by atoms with Gasteiger partial charge in [-0.25, -0.2) is 9.97 Å². The second-order valence-corrected chi connectivity index (χ2v) is 6.40. The fourth-order valence-corrected chi connectivity index (χ4v) is 3.82. The van der Waals surface area contributed by atoms with Gasteiger partial charge in [-0.1, -0.05) is 0 Å². The Bertz CT molecular complexity index is 707. The topological polar surface area (TPSA) is 42.2 Å². The molecular weight excluding hydrogens is 276 g/mol. The maximum absolute atomic E-state index is 4.59. The molecule has 4 nitrogen and oxygen atoms in total. The number of nitrogens with zero attached hydrogens (tertiary/aromatic N) is 3. The van der Waals surface area contributed by atoms with Crippen LogP contribution in [0.1, 0.15) is 27.8 Å². The second kappa shape index (κ2) is 5.03. The lowest BCUT2D eigenvalue weighted by Gasteiger charge is -2.04. The molecule has 0 atom stereocenters. The van der Waals surface area contributed by atoms with Gasteiger partial charge in [0.15, 0.2) is 4.96 Å². The maximum Gasteiger partial charge on any atom is 0.194 e. The smallest absolute Gasteiger partial charge is 0.194 e. The first-order valence-electron chi connectivity index (χ1n) is 6.19. The molecule has 3 heterocycles. The van der Waals surface area contributed by atoms with E-state index in [1.165, 1.54) is 11.4 Å². The number of thiazole rings is 2. The number of imidazole rings is 1. The van der Waals surface area contributed by atoms with Crippen molar-refractivity contribution in [3.8, 4) is 0 Å². The van der Waals surface area contributed by atoms with Gasteiger partial charge < -0.3 is 5.32 Å². The van der Waals surface area contributed by atoms with E-state index < -0.39 is 0 Å². The number of hydrogen-bond acceptors (Lipinski definition) is 5. The number of nitrogens with one attached hydrogen (secondary N) is 1. The average Bonchev–Trinajstić information content (AvgIpc) is 3.01. The molecule has 0 bridgehead atoms. The van der Waals surface area contributed by atoms with Crippen LogP contribution in [-0.2, 0) is 13.1 Å². The van der Waals surface area contributed by atoms with Crippen LogP contribution in [-0.4, -0.2) is 14.4 Å². The van der Waals surface area contributed by atoms with Crippen molar-refractivity contribution in [1.82, 2.24) is 19.7 Å². The second-order valence-electron chi connectivity index (χ2n) is 4.63. The third-order valence-electron chi connectivity index (χ3n) is 3.07. The Morgan fingerprint density at radius 2 is 1.95 bits per heavy atom. The van der Waals surface area contributed by atoms with Gasteiger partial charge in [0, 0.05) is 35.2 Å². The maximum atomic E-state index is 4.59. The van der Waals surface area contributed by atoms with Gasteiger partial charge in [0.1, 0.15) is 5.01 Å². The van der Waals surface area contributed by atoms with Gasteiger partial charge in [0.05, 0.1) is 11.4 Å². The Morgan fingerprint density at radius 1 is 1.11 bits per heavy atom. The number of hydrogen-bond donors (Lipinski definition) is 1. The molecule has 6 heteroatoms. The van der Waals surface area contributed by atoms with Crippen LogP contribution in [0.25, 0.3) is 4.96 Å². The van der Waals surface area contributed by atoms with Crippen LogP contribution in [0, 0.1) is 20.8 Å². The van der Waals surface area contributed by atoms with E-state index in [1.807, 2.05) is 6.92 Å². The van der Waals surface area contributed by atoms with Crippen LogP contribution in [0.2, 0.25) is 0 Å². The quantitative estimate of drug-likeness (QED) is 0.803. The van der Waals surface area contributed by atoms with E-state index in [2.05, 4.69) is 44.3 Å². The summed E-state index contributed by atoms with van der Waals surface area (Å²) in [6, 6.07) is 0. The Morgan fingerprint density at radius 3 is 2.68 bits per heavy atom. The first kappa shape index (κ1) is 12.8. The molecule has 0 spiro atoms. The predicted molar refractivity (Wildman–Crippen MR) is 79.9 cm³/mol. The molecule has 3 aromatic rings. The lowest BCUT2D eigenvalue weighted by Crippen LogP contribution is -2.15. The molecular formula is C13H16N4S2. The van der Waals surface area contributed by atoms with E-state index in [0.717, 1.165) is 34.4 Å². The minimum absolute atomic E-state index is 0.814. The van der Waals surface area contributed by atoms with E-state index in [1.54, 1.807) is 22.7 Å². The highest BCUT2D eigenvalue weighted by molar-refractivity contribution is 7.15. The molecule has 0 saturated heterocycles. The lowest BCUT2D eigenvalue weighted by atomic mass is 10.3. The zero-order valence-corrected chi connectivity index (χ0v) is 12.9. The summed E-state index contributed by atoms with van der Waals surface area (Å²) >= 11 is 3.40. The van der Waals surface area contributed by atoms with Gasteiger partial charge in [-0.05, 0) is 20.8 Å². The predicted octanol–water partition coefficient (Wildman–Crippen LogP) is 3.07. The van der Waals surface area contributed by atoms with Crippen LogP contribution >= 0.6 is 22.7 Å². The molecule has 0 amide bonds. The Labute approximate surface area is 120 Å². The van der Waals surface area contributed by atoms with Gasteiger partial charge >= 0.3 is 0 Å². The van der Waals surface area contributed by atoms with E-state index in [4.69, 9.17) is 0 Å². The Kier molecular flexibility index (Phi) is 3.38. The van der Waals surface area contributed by atoms with Crippen LogP contribution < -0.4 is 5.32 Å². The van der Waals surface area contributed by atoms with Crippen LogP contribution in [0.3, 0.4) is 0 Å². The molecule has 0 aliphatic rings. The minimum Gasteiger partial charge on any atom is -0.305 e. The fourth-order valence-electron chi connectivity index (χ4n) is 2.15. The summed E-state index contributed by atoms with van der Waals surface area (Å²) in [7, 11) is 0. The highest BCUT2D eigenvalue weighted by Gasteiger charge is 2.11. The number of rotatable bonds is 4. The van der Waals surface area contributed by atoms with Crippen molar-refractivity contribution in [2.75, 3.05) is 0 Å². The number of aryl methyl sites for hydroxylation is 3. The third kappa shape index (κ3) is 2.43. The molecule has 19 heavy (non-hydrogen) atoms. The van der Waals surface area contributed by atoms with E-state index in [9.17, 15) is 0 Å². The van der Waals surface area contributed by atoms with Gasteiger partial charge in [0.2, 0.25) is 0 Å². The summed E-state index contributed by atoms with van der Waals surface area (Å²) in [5.74, 6) is 0. The minimum atomic E-state index is 0.814. The first-order valence-corrected chi connectivity index (χ1v) is 7.95. The van der Waals surface area contributed by atoms with Gasteiger partial charge in [-0.2, -0.15) is 0 Å². The highest BCUT2D eigenvalue weighted by atomic mass is 32.1. The SMILES string of the molecule is Cc1csc(CNCc2c(C)nc3scc(C)n23)n1. The molecule has 100 valence electrons. The third-order valence-corrected chi connectivity index (χ3v) is 4.98. The Balaban J connectivity index is 1.74. The van der Waals surface area contributed by atoms with Crippen molar-refractivity contribution in [3.63, 3.8) is 0 Å². The van der Waals surface area contributed by atoms with Crippen LogP contribution in [0.5, 0.6) is 0 Å². The van der Waals surface area contributed by atoms with Crippen LogP contribution in [0.4, 0.5) is 0 Å². The van der Waals surface area contributed by atoms with Gasteiger partial charge in [-0.15, -0.1) is 22.7 Å². The normalized spacial score (nSPS) is 11.5. The molecule has 0 radical (unpaired) electrons. The van der Waals surface area contributed by atoms with Crippen molar-refractivity contribution in [3.05, 3.63) is 38.5 Å². The summed E-state index contributed by atoms with van der Waals surface area (Å²) in [6.45, 7) is 7.86. The fraction of sp³-hybridized carbons (Fsp3) is 0.385. The molecule has 0 aromatic carbocycles. The van der Waals surface area contributed by atoms with Crippen LogP contribution in [0.15, 0.2) is 10.8 Å². The molecule has 3 rings (SSSR count). The van der Waals surface area contributed by atoms with Gasteiger partial charge in [-0.3, -0.25) is 4.40 Å². The molecule has 3 aromatic heterocycles. The number of fused-ring (bicyclic) bond motifs is 1. The molecule has 0 fully saturated rings. The van der Waals surface area contributed by atoms with Crippen molar-refractivity contribution in [2.24, 2.45) is 0 Å². The van der Waals surface area contributed by atoms with E-state index >= 15 is 0 Å². The molecule has 0 aliphatic carbocycles. The first-order chi connectivity index (χ1) is 9.15. The van der Waals surface area contributed by atoms with E-state index in [-0.39, 0.29) is 0 Å². The zero-order chi connectivity index (χ0) is 13.4. The van der Waals surface area contributed by atoms with Crippen molar-refractivity contribution in [1.29, 1.82) is 0 Å². The summed E-state index contributed by atoms with van der Waals surface area (Å²) in [5.41, 5.74) is 4.71. The monoisotopic (exact) mass is 292 g/mol. The lowest BCUT2D eigenvalue weighted by molar-refractivity contribution is 0.667. The highest BCUT2D eigenvalue weighted by Crippen LogP contribution is 2.20. The molecule has 0 unspecified atom stereocenters. The molecule has 1 N–H and O–H groups in total. The standard InChI is InChI=1S/C13H16N4S2/c1-8-6-18-12(15-8)5-14-4-11-10(3)16-13-17(11)9(2)7-19-13/h6-7,14H,4-5H2,1-3H3. The Hall–Kier alpha value is -1.24. The summed E-state index contributed by atoms with van der Waals surface area (Å²) in [6.07, 6.45) is 0.